The van der Waals surface area contributed by atoms with Crippen LogP contribution in [0.25, 0.3) is 0 Å². The van der Waals surface area contributed by atoms with Crippen molar-refractivity contribution in [1.82, 2.24) is 5.17 Å². The van der Waals surface area contributed by atoms with Crippen LogP contribution in [-0.2, 0) is 0 Å². The van der Waals surface area contributed by atoms with Gasteiger partial charge in [0.2, 0.25) is 0 Å². The van der Waals surface area contributed by atoms with Gasteiger partial charge in [-0.2, -0.15) is 0 Å². The summed E-state index contributed by atoms with van der Waals surface area (Å²) in [5.74, 6) is 0. The average molecular weight is 170 g/mol. The lowest BCUT2D eigenvalue weighted by atomic mass is 10.3. The van der Waals surface area contributed by atoms with Crippen LogP contribution in [0.2, 0.25) is 5.02 Å². The molecule has 5 heteroatoms. The van der Waals surface area contributed by atoms with E-state index in [1.165, 1.54) is 0 Å². The standard InChI is InChI=1S/C6H4ClN3O/c7-4-1-2-5-6(3-4)10(11)9-8-5/h1-3,11H/q+1. The molecule has 2 rings (SSSR count). The zero-order valence-electron chi connectivity index (χ0n) is 5.40. The van der Waals surface area contributed by atoms with Gasteiger partial charge in [0.25, 0.3) is 5.69 Å². The second-order valence-electron chi connectivity index (χ2n) is 2.11. The Morgan fingerprint density at radius 2 is 2.27 bits per heavy atom. The van der Waals surface area contributed by atoms with Crippen LogP contribution in [0.4, 0.5) is 11.4 Å². The molecule has 0 aromatic heterocycles. The summed E-state index contributed by atoms with van der Waals surface area (Å²) >= 11 is 5.67. The van der Waals surface area contributed by atoms with Gasteiger partial charge in [-0.05, 0) is 12.1 Å². The highest BCUT2D eigenvalue weighted by molar-refractivity contribution is 6.31. The summed E-state index contributed by atoms with van der Waals surface area (Å²) in [5.41, 5.74) is 1.13. The first kappa shape index (κ1) is 6.72. The lowest BCUT2D eigenvalue weighted by Crippen LogP contribution is -2.05. The van der Waals surface area contributed by atoms with Crippen molar-refractivity contribution in [2.75, 3.05) is 0 Å². The van der Waals surface area contributed by atoms with Crippen molar-refractivity contribution in [2.45, 2.75) is 0 Å². The van der Waals surface area contributed by atoms with E-state index in [0.29, 0.717) is 21.6 Å². The van der Waals surface area contributed by atoms with E-state index in [0.717, 1.165) is 0 Å². The molecule has 0 saturated heterocycles. The average Bonchev–Trinajstić information content (AvgIpc) is 2.33. The van der Waals surface area contributed by atoms with Gasteiger partial charge in [-0.1, -0.05) is 16.7 Å². The summed E-state index contributed by atoms with van der Waals surface area (Å²) in [6.45, 7) is 0. The maximum atomic E-state index is 9.02. The minimum absolute atomic E-state index is 0.512. The summed E-state index contributed by atoms with van der Waals surface area (Å²) in [6.07, 6.45) is 0. The Morgan fingerprint density at radius 1 is 1.45 bits per heavy atom. The SMILES string of the molecule is O[N+]1N=Nc2ccc(Cl)cc21. The Labute approximate surface area is 67.7 Å². The number of hydrogen-bond donors (Lipinski definition) is 1. The van der Waals surface area contributed by atoms with Crippen molar-refractivity contribution in [3.05, 3.63) is 23.2 Å². The van der Waals surface area contributed by atoms with Crippen LogP contribution in [0, 0.1) is 0 Å². The van der Waals surface area contributed by atoms with Crippen molar-refractivity contribution >= 4 is 23.0 Å². The van der Waals surface area contributed by atoms with Crippen molar-refractivity contribution in [3.8, 4) is 0 Å². The van der Waals surface area contributed by atoms with E-state index in [4.69, 9.17) is 16.8 Å². The molecule has 0 spiro atoms. The monoisotopic (exact) mass is 169 g/mol. The van der Waals surface area contributed by atoms with Crippen LogP contribution in [0.15, 0.2) is 28.5 Å². The Balaban J connectivity index is 2.58. The molecule has 1 aliphatic rings. The van der Waals surface area contributed by atoms with Gasteiger partial charge in [0.05, 0.1) is 0 Å². The molecule has 1 aromatic carbocycles. The van der Waals surface area contributed by atoms with Crippen LogP contribution in [0.5, 0.6) is 0 Å². The molecule has 1 heterocycles. The third-order valence-electron chi connectivity index (χ3n) is 1.39. The second kappa shape index (κ2) is 2.27. The number of hydrogen-bond acceptors (Lipinski definition) is 4. The zero-order chi connectivity index (χ0) is 7.84. The molecule has 55 valence electrons. The second-order valence-corrected chi connectivity index (χ2v) is 2.55. The van der Waals surface area contributed by atoms with E-state index in [1.54, 1.807) is 18.2 Å². The van der Waals surface area contributed by atoms with Gasteiger partial charge in [-0.3, -0.25) is 0 Å². The third kappa shape index (κ3) is 1.01. The van der Waals surface area contributed by atoms with Crippen molar-refractivity contribution in [2.24, 2.45) is 10.3 Å². The third-order valence-corrected chi connectivity index (χ3v) is 1.63. The number of nitrogens with zero attached hydrogens (tertiary/aromatic N) is 3. The van der Waals surface area contributed by atoms with E-state index in [2.05, 4.69) is 10.3 Å². The highest BCUT2D eigenvalue weighted by Gasteiger charge is 2.28. The predicted molar refractivity (Wildman–Crippen MR) is 39.5 cm³/mol. The van der Waals surface area contributed by atoms with Gasteiger partial charge in [-0.15, -0.1) is 5.21 Å². The summed E-state index contributed by atoms with van der Waals surface area (Å²) in [5, 5.41) is 17.3. The van der Waals surface area contributed by atoms with Gasteiger partial charge in [-0.25, -0.2) is 0 Å². The molecular weight excluding hydrogens is 166 g/mol. The lowest BCUT2D eigenvalue weighted by molar-refractivity contribution is 0.0722. The first-order valence-corrected chi connectivity index (χ1v) is 3.35. The molecular formula is C6H4ClN3O+. The normalized spacial score (nSPS) is 15.5. The van der Waals surface area contributed by atoms with Crippen LogP contribution in [0.3, 0.4) is 0 Å². The summed E-state index contributed by atoms with van der Waals surface area (Å²) < 4.78 is 0. The van der Waals surface area contributed by atoms with E-state index in [9.17, 15) is 0 Å². The van der Waals surface area contributed by atoms with Crippen LogP contribution >= 0.6 is 11.6 Å². The number of anilines is 1. The molecule has 0 bridgehead atoms. The number of halogens is 1. The summed E-state index contributed by atoms with van der Waals surface area (Å²) in [4.78, 5) is 0. The fourth-order valence-corrected chi connectivity index (χ4v) is 1.05. The molecule has 1 aliphatic heterocycles. The fraction of sp³-hybridized carbons (Fsp3) is 0. The quantitative estimate of drug-likeness (QED) is 0.596. The molecule has 1 aromatic rings. The van der Waals surface area contributed by atoms with E-state index in [-0.39, 0.29) is 0 Å². The van der Waals surface area contributed by atoms with E-state index >= 15 is 0 Å². The molecule has 0 saturated carbocycles. The first-order chi connectivity index (χ1) is 5.27. The predicted octanol–water partition coefficient (Wildman–Crippen LogP) is 2.51. The topological polar surface area (TPSA) is 50.9 Å². The molecule has 0 aliphatic carbocycles. The van der Waals surface area contributed by atoms with Gasteiger partial charge in [0.1, 0.15) is 5.22 Å². The minimum Gasteiger partial charge on any atom is -0.123 e. The molecule has 0 amide bonds. The molecule has 4 nitrogen and oxygen atoms in total. The minimum atomic E-state index is 0.512. The molecule has 11 heavy (non-hydrogen) atoms. The van der Waals surface area contributed by atoms with E-state index < -0.39 is 0 Å². The smallest absolute Gasteiger partial charge is 0.123 e. The van der Waals surface area contributed by atoms with Gasteiger partial charge in [0.15, 0.2) is 10.9 Å². The first-order valence-electron chi connectivity index (χ1n) is 2.97. The molecule has 0 unspecified atom stereocenters. The zero-order valence-corrected chi connectivity index (χ0v) is 6.15. The number of fused-ring (bicyclic) bond motifs is 1. The molecule has 0 fully saturated rings. The highest BCUT2D eigenvalue weighted by atomic mass is 35.5. The largest absolute Gasteiger partial charge is 0.286 e. The van der Waals surface area contributed by atoms with Gasteiger partial charge in [0, 0.05) is 11.1 Å². The molecule has 0 atom stereocenters. The maximum Gasteiger partial charge on any atom is 0.286 e. The summed E-state index contributed by atoms with van der Waals surface area (Å²) in [6, 6.07) is 4.98. The van der Waals surface area contributed by atoms with Crippen molar-refractivity contribution < 1.29 is 5.21 Å². The van der Waals surface area contributed by atoms with Gasteiger partial charge >= 0.3 is 0 Å². The van der Waals surface area contributed by atoms with Crippen LogP contribution in [0.1, 0.15) is 0 Å². The molecule has 1 N–H and O–H groups in total. The Morgan fingerprint density at radius 3 is 3.09 bits per heavy atom. The highest BCUT2D eigenvalue weighted by Crippen LogP contribution is 2.35. The van der Waals surface area contributed by atoms with Crippen LogP contribution in [-0.4, -0.2) is 5.21 Å². The van der Waals surface area contributed by atoms with Crippen LogP contribution < -0.4 is 5.17 Å². The Bertz CT molecular complexity index is 326. The van der Waals surface area contributed by atoms with Crippen molar-refractivity contribution in [1.29, 1.82) is 0 Å². The molecule has 1 radical (unpaired) electrons. The van der Waals surface area contributed by atoms with Gasteiger partial charge < -0.3 is 0 Å². The van der Waals surface area contributed by atoms with E-state index in [1.807, 2.05) is 0 Å². The Hall–Kier alpha value is -0.970. The lowest BCUT2D eigenvalue weighted by Gasteiger charge is -1.89. The maximum absolute atomic E-state index is 9.02. The number of benzene rings is 1. The fourth-order valence-electron chi connectivity index (χ4n) is 0.880. The van der Waals surface area contributed by atoms with Crippen molar-refractivity contribution in [3.63, 3.8) is 0 Å². The summed E-state index contributed by atoms with van der Waals surface area (Å²) in [7, 11) is 0. The number of rotatable bonds is 0. The Kier molecular flexibility index (Phi) is 1.38.